The molecule has 0 spiro atoms. The fraction of sp³-hybridized carbons (Fsp3) is 0.812. The van der Waals surface area contributed by atoms with Gasteiger partial charge in [-0.2, -0.15) is 5.10 Å². The SMILES string of the molecule is CCc1nnc(NC2CCN(C(C)(C)C)CC2)nc1CC. The van der Waals surface area contributed by atoms with Crippen LogP contribution >= 0.6 is 0 Å². The smallest absolute Gasteiger partial charge is 0.243 e. The van der Waals surface area contributed by atoms with Crippen molar-refractivity contribution in [3.63, 3.8) is 0 Å². The number of hydrogen-bond acceptors (Lipinski definition) is 5. The first-order valence-electron chi connectivity index (χ1n) is 8.18. The fourth-order valence-electron chi connectivity index (χ4n) is 2.88. The second-order valence-electron chi connectivity index (χ2n) is 6.81. The van der Waals surface area contributed by atoms with Gasteiger partial charge in [-0.1, -0.05) is 13.8 Å². The van der Waals surface area contributed by atoms with Gasteiger partial charge in [-0.25, -0.2) is 4.98 Å². The van der Waals surface area contributed by atoms with E-state index in [0.29, 0.717) is 12.0 Å². The summed E-state index contributed by atoms with van der Waals surface area (Å²) < 4.78 is 0. The Morgan fingerprint density at radius 2 is 1.67 bits per heavy atom. The minimum absolute atomic E-state index is 0.265. The van der Waals surface area contributed by atoms with Crippen LogP contribution in [0.15, 0.2) is 0 Å². The van der Waals surface area contributed by atoms with Crippen LogP contribution in [0.1, 0.15) is 58.8 Å². The van der Waals surface area contributed by atoms with Gasteiger partial charge in [0, 0.05) is 24.7 Å². The average Bonchev–Trinajstić information content (AvgIpc) is 2.46. The molecular weight excluding hydrogens is 262 g/mol. The molecule has 0 unspecified atom stereocenters. The molecule has 0 atom stereocenters. The molecule has 1 N–H and O–H groups in total. The van der Waals surface area contributed by atoms with Crippen LogP contribution in [0.2, 0.25) is 0 Å². The Hall–Kier alpha value is -1.23. The summed E-state index contributed by atoms with van der Waals surface area (Å²) in [6.45, 7) is 13.3. The van der Waals surface area contributed by atoms with Gasteiger partial charge in [-0.05, 0) is 46.5 Å². The minimum atomic E-state index is 0.265. The van der Waals surface area contributed by atoms with E-state index in [0.717, 1.165) is 50.2 Å². The largest absolute Gasteiger partial charge is 0.350 e. The molecule has 21 heavy (non-hydrogen) atoms. The standard InChI is InChI=1S/C16H29N5/c1-6-13-14(7-2)19-20-15(18-13)17-12-8-10-21(11-9-12)16(3,4)5/h12H,6-11H2,1-5H3,(H,17,18,20). The molecular formula is C16H29N5. The van der Waals surface area contributed by atoms with Gasteiger partial charge in [0.2, 0.25) is 5.95 Å². The van der Waals surface area contributed by atoms with E-state index < -0.39 is 0 Å². The maximum absolute atomic E-state index is 4.63. The molecule has 0 aliphatic carbocycles. The zero-order valence-corrected chi connectivity index (χ0v) is 14.1. The van der Waals surface area contributed by atoms with E-state index in [9.17, 15) is 0 Å². The molecule has 0 saturated carbocycles. The van der Waals surface area contributed by atoms with Gasteiger partial charge < -0.3 is 5.32 Å². The van der Waals surface area contributed by atoms with Gasteiger partial charge in [-0.3, -0.25) is 4.90 Å². The normalized spacial score (nSPS) is 18.0. The highest BCUT2D eigenvalue weighted by Gasteiger charge is 2.27. The van der Waals surface area contributed by atoms with Gasteiger partial charge in [0.25, 0.3) is 0 Å². The Balaban J connectivity index is 1.95. The summed E-state index contributed by atoms with van der Waals surface area (Å²) in [6.07, 6.45) is 4.08. The predicted octanol–water partition coefficient (Wildman–Crippen LogP) is 2.67. The summed E-state index contributed by atoms with van der Waals surface area (Å²) in [5, 5.41) is 12.0. The van der Waals surface area contributed by atoms with E-state index in [1.807, 2.05) is 0 Å². The minimum Gasteiger partial charge on any atom is -0.350 e. The lowest BCUT2D eigenvalue weighted by Crippen LogP contribution is -2.48. The fourth-order valence-corrected chi connectivity index (χ4v) is 2.88. The second-order valence-corrected chi connectivity index (χ2v) is 6.81. The lowest BCUT2D eigenvalue weighted by Gasteiger charge is -2.41. The van der Waals surface area contributed by atoms with Crippen molar-refractivity contribution in [2.75, 3.05) is 18.4 Å². The molecule has 1 aliphatic rings. The number of anilines is 1. The summed E-state index contributed by atoms with van der Waals surface area (Å²) in [7, 11) is 0. The van der Waals surface area contributed by atoms with Crippen molar-refractivity contribution in [3.8, 4) is 0 Å². The van der Waals surface area contributed by atoms with Crippen molar-refractivity contribution in [1.82, 2.24) is 20.1 Å². The van der Waals surface area contributed by atoms with E-state index in [2.05, 4.69) is 60.0 Å². The van der Waals surface area contributed by atoms with Crippen LogP contribution in [-0.4, -0.2) is 44.8 Å². The van der Waals surface area contributed by atoms with Crippen LogP contribution in [0.5, 0.6) is 0 Å². The quantitative estimate of drug-likeness (QED) is 0.924. The number of aromatic nitrogens is 3. The highest BCUT2D eigenvalue weighted by Crippen LogP contribution is 2.21. The Labute approximate surface area is 128 Å². The average molecular weight is 291 g/mol. The highest BCUT2D eigenvalue weighted by atomic mass is 15.3. The third kappa shape index (κ3) is 4.13. The maximum atomic E-state index is 4.63. The van der Waals surface area contributed by atoms with E-state index in [1.54, 1.807) is 0 Å². The number of piperidine rings is 1. The third-order valence-electron chi connectivity index (χ3n) is 4.29. The Morgan fingerprint density at radius 3 is 2.19 bits per heavy atom. The van der Waals surface area contributed by atoms with Crippen molar-refractivity contribution >= 4 is 5.95 Å². The Kier molecular flexibility index (Phi) is 5.14. The molecule has 2 rings (SSSR count). The summed E-state index contributed by atoms with van der Waals surface area (Å²) >= 11 is 0. The van der Waals surface area contributed by atoms with Gasteiger partial charge in [0.15, 0.2) is 0 Å². The van der Waals surface area contributed by atoms with Crippen molar-refractivity contribution in [3.05, 3.63) is 11.4 Å². The molecule has 1 aliphatic heterocycles. The predicted molar refractivity (Wildman–Crippen MR) is 86.6 cm³/mol. The number of hydrogen-bond donors (Lipinski definition) is 1. The lowest BCUT2D eigenvalue weighted by atomic mass is 9.98. The monoisotopic (exact) mass is 291 g/mol. The third-order valence-corrected chi connectivity index (χ3v) is 4.29. The van der Waals surface area contributed by atoms with E-state index >= 15 is 0 Å². The number of rotatable bonds is 4. The molecule has 0 bridgehead atoms. The molecule has 2 heterocycles. The topological polar surface area (TPSA) is 53.9 Å². The molecule has 1 fully saturated rings. The summed E-state index contributed by atoms with van der Waals surface area (Å²) in [5.41, 5.74) is 2.36. The number of nitrogens with zero attached hydrogens (tertiary/aromatic N) is 4. The summed E-state index contributed by atoms with van der Waals surface area (Å²) in [4.78, 5) is 7.17. The number of nitrogens with one attached hydrogen (secondary N) is 1. The van der Waals surface area contributed by atoms with Crippen LogP contribution in [0.25, 0.3) is 0 Å². The van der Waals surface area contributed by atoms with E-state index in [-0.39, 0.29) is 5.54 Å². The highest BCUT2D eigenvalue weighted by molar-refractivity contribution is 5.27. The second kappa shape index (κ2) is 6.69. The summed E-state index contributed by atoms with van der Waals surface area (Å²) in [5.74, 6) is 0.693. The van der Waals surface area contributed by atoms with Crippen LogP contribution in [0.3, 0.4) is 0 Å². The van der Waals surface area contributed by atoms with E-state index in [4.69, 9.17) is 0 Å². The van der Waals surface area contributed by atoms with Crippen molar-refractivity contribution in [1.29, 1.82) is 0 Å². The Morgan fingerprint density at radius 1 is 1.05 bits per heavy atom. The van der Waals surface area contributed by atoms with Crippen LogP contribution in [-0.2, 0) is 12.8 Å². The van der Waals surface area contributed by atoms with Gasteiger partial charge in [-0.15, -0.1) is 5.10 Å². The zero-order chi connectivity index (χ0) is 15.5. The van der Waals surface area contributed by atoms with E-state index in [1.165, 1.54) is 0 Å². The molecule has 0 aromatic carbocycles. The maximum Gasteiger partial charge on any atom is 0.243 e. The van der Waals surface area contributed by atoms with Crippen LogP contribution < -0.4 is 5.32 Å². The molecule has 1 aromatic heterocycles. The van der Waals surface area contributed by atoms with Crippen molar-refractivity contribution in [2.24, 2.45) is 0 Å². The molecule has 5 nitrogen and oxygen atoms in total. The molecule has 0 amide bonds. The molecule has 0 radical (unpaired) electrons. The van der Waals surface area contributed by atoms with Crippen LogP contribution in [0, 0.1) is 0 Å². The Bertz CT molecular complexity index is 458. The molecule has 1 aromatic rings. The number of likely N-dealkylation sites (tertiary alicyclic amines) is 1. The first-order valence-corrected chi connectivity index (χ1v) is 8.18. The zero-order valence-electron chi connectivity index (χ0n) is 14.1. The molecule has 118 valence electrons. The first kappa shape index (κ1) is 16.1. The molecule has 5 heteroatoms. The summed E-state index contributed by atoms with van der Waals surface area (Å²) in [6, 6.07) is 0.461. The van der Waals surface area contributed by atoms with Gasteiger partial charge in [0.05, 0.1) is 11.4 Å². The van der Waals surface area contributed by atoms with Gasteiger partial charge in [0.1, 0.15) is 0 Å². The van der Waals surface area contributed by atoms with Crippen molar-refractivity contribution in [2.45, 2.75) is 71.9 Å². The lowest BCUT2D eigenvalue weighted by molar-refractivity contribution is 0.106. The first-order chi connectivity index (χ1) is 9.94. The van der Waals surface area contributed by atoms with Crippen LogP contribution in [0.4, 0.5) is 5.95 Å². The van der Waals surface area contributed by atoms with Gasteiger partial charge >= 0.3 is 0 Å². The molecule has 1 saturated heterocycles. The number of aryl methyl sites for hydroxylation is 2. The van der Waals surface area contributed by atoms with Crippen molar-refractivity contribution < 1.29 is 0 Å².